The molecular formula is C21H23FN2O. The van der Waals surface area contributed by atoms with Gasteiger partial charge in [0.2, 0.25) is 0 Å². The Morgan fingerprint density at radius 1 is 1.12 bits per heavy atom. The molecule has 130 valence electrons. The molecule has 1 saturated heterocycles. The fourth-order valence-corrected chi connectivity index (χ4v) is 3.55. The number of ether oxygens (including phenoxy) is 1. The molecule has 2 aromatic carbocycles. The van der Waals surface area contributed by atoms with E-state index in [1.807, 2.05) is 12.1 Å². The number of hydrogen-bond donors (Lipinski definition) is 1. The number of nitrogens with one attached hydrogen (secondary N) is 1. The number of nitrogens with zero attached hydrogens (tertiary/aromatic N) is 1. The molecule has 3 nitrogen and oxygen atoms in total. The first-order chi connectivity index (χ1) is 12.3. The number of fused-ring (bicyclic) bond motifs is 1. The molecular weight excluding hydrogens is 315 g/mol. The molecule has 1 aliphatic heterocycles. The summed E-state index contributed by atoms with van der Waals surface area (Å²) >= 11 is 0. The van der Waals surface area contributed by atoms with E-state index in [0.717, 1.165) is 38.2 Å². The number of benzene rings is 2. The first-order valence-electron chi connectivity index (χ1n) is 8.93. The van der Waals surface area contributed by atoms with Crippen molar-refractivity contribution in [2.45, 2.75) is 32.0 Å². The normalized spacial score (nSPS) is 17.4. The third-order valence-electron chi connectivity index (χ3n) is 4.85. The number of aromatic nitrogens is 1. The molecule has 25 heavy (non-hydrogen) atoms. The van der Waals surface area contributed by atoms with E-state index in [2.05, 4.69) is 40.3 Å². The first-order valence-corrected chi connectivity index (χ1v) is 8.93. The van der Waals surface area contributed by atoms with Crippen LogP contribution in [-0.2, 0) is 17.8 Å². The lowest BCUT2D eigenvalue weighted by atomic mass is 10.1. The van der Waals surface area contributed by atoms with Gasteiger partial charge >= 0.3 is 0 Å². The largest absolute Gasteiger partial charge is 0.377 e. The van der Waals surface area contributed by atoms with Gasteiger partial charge in [-0.3, -0.25) is 0 Å². The van der Waals surface area contributed by atoms with E-state index in [-0.39, 0.29) is 5.82 Å². The summed E-state index contributed by atoms with van der Waals surface area (Å²) in [6.07, 6.45) is 4.88. The molecule has 4 rings (SSSR count). The highest BCUT2D eigenvalue weighted by Crippen LogP contribution is 2.22. The van der Waals surface area contributed by atoms with Crippen LogP contribution in [0.1, 0.15) is 24.0 Å². The van der Waals surface area contributed by atoms with Gasteiger partial charge in [0, 0.05) is 43.3 Å². The third-order valence-corrected chi connectivity index (χ3v) is 4.85. The van der Waals surface area contributed by atoms with Crippen LogP contribution in [0.5, 0.6) is 0 Å². The number of hydrogen-bond acceptors (Lipinski definition) is 2. The fraction of sp³-hybridized carbons (Fsp3) is 0.333. The van der Waals surface area contributed by atoms with Crippen molar-refractivity contribution < 1.29 is 9.13 Å². The van der Waals surface area contributed by atoms with Gasteiger partial charge in [-0.05, 0) is 42.2 Å². The lowest BCUT2D eigenvalue weighted by Gasteiger charge is -2.10. The molecule has 0 radical (unpaired) electrons. The van der Waals surface area contributed by atoms with Crippen LogP contribution in [0.3, 0.4) is 0 Å². The summed E-state index contributed by atoms with van der Waals surface area (Å²) in [5, 5.41) is 4.80. The molecule has 0 amide bonds. The van der Waals surface area contributed by atoms with E-state index >= 15 is 0 Å². The molecule has 0 bridgehead atoms. The highest BCUT2D eigenvalue weighted by Gasteiger charge is 2.15. The zero-order valence-corrected chi connectivity index (χ0v) is 14.2. The highest BCUT2D eigenvalue weighted by atomic mass is 19.1. The van der Waals surface area contributed by atoms with Crippen LogP contribution in [0, 0.1) is 5.82 Å². The van der Waals surface area contributed by atoms with Crippen LogP contribution in [0.4, 0.5) is 4.39 Å². The monoisotopic (exact) mass is 338 g/mol. The molecule has 3 aromatic rings. The van der Waals surface area contributed by atoms with Crippen molar-refractivity contribution in [3.8, 4) is 0 Å². The standard InChI is InChI=1S/C21H23FN2O/c22-18-9-7-16(8-10-18)14-24-15-17(20-5-1-2-6-21(20)24)12-23-13-19-4-3-11-25-19/h1-2,5-10,15,19,23H,3-4,11-14H2/t19-/m1/s1. The Labute approximate surface area is 147 Å². The highest BCUT2D eigenvalue weighted by molar-refractivity contribution is 5.84. The van der Waals surface area contributed by atoms with Crippen molar-refractivity contribution >= 4 is 10.9 Å². The van der Waals surface area contributed by atoms with Crippen molar-refractivity contribution in [3.63, 3.8) is 0 Å². The van der Waals surface area contributed by atoms with Crippen LogP contribution in [0.25, 0.3) is 10.9 Å². The minimum Gasteiger partial charge on any atom is -0.377 e. The van der Waals surface area contributed by atoms with Gasteiger partial charge in [-0.25, -0.2) is 4.39 Å². The van der Waals surface area contributed by atoms with Crippen molar-refractivity contribution in [1.82, 2.24) is 9.88 Å². The van der Waals surface area contributed by atoms with Gasteiger partial charge in [-0.1, -0.05) is 30.3 Å². The van der Waals surface area contributed by atoms with E-state index in [9.17, 15) is 4.39 Å². The minimum absolute atomic E-state index is 0.194. The molecule has 0 unspecified atom stereocenters. The van der Waals surface area contributed by atoms with Crippen molar-refractivity contribution in [2.24, 2.45) is 0 Å². The molecule has 0 aliphatic carbocycles. The van der Waals surface area contributed by atoms with E-state index in [0.29, 0.717) is 6.10 Å². The second-order valence-electron chi connectivity index (χ2n) is 6.69. The summed E-state index contributed by atoms with van der Waals surface area (Å²) in [5.74, 6) is -0.194. The zero-order valence-electron chi connectivity index (χ0n) is 14.2. The Balaban J connectivity index is 1.52. The summed E-state index contributed by atoms with van der Waals surface area (Å²) in [6.45, 7) is 3.37. The Bertz CT molecular complexity index is 835. The molecule has 4 heteroatoms. The molecule has 1 aliphatic rings. The van der Waals surface area contributed by atoms with Crippen LogP contribution in [-0.4, -0.2) is 23.8 Å². The summed E-state index contributed by atoms with van der Waals surface area (Å²) in [4.78, 5) is 0. The van der Waals surface area contributed by atoms with Crippen molar-refractivity contribution in [2.75, 3.05) is 13.2 Å². The molecule has 1 aromatic heterocycles. The van der Waals surface area contributed by atoms with Crippen molar-refractivity contribution in [3.05, 3.63) is 71.7 Å². The molecule has 2 heterocycles. The smallest absolute Gasteiger partial charge is 0.123 e. The Morgan fingerprint density at radius 2 is 1.96 bits per heavy atom. The van der Waals surface area contributed by atoms with E-state index in [1.54, 1.807) is 0 Å². The van der Waals surface area contributed by atoms with Gasteiger partial charge in [0.25, 0.3) is 0 Å². The van der Waals surface area contributed by atoms with Gasteiger partial charge in [-0.2, -0.15) is 0 Å². The van der Waals surface area contributed by atoms with Crippen LogP contribution in [0.15, 0.2) is 54.7 Å². The number of halogens is 1. The van der Waals surface area contributed by atoms with E-state index in [4.69, 9.17) is 4.74 Å². The lowest BCUT2D eigenvalue weighted by Crippen LogP contribution is -2.25. The second kappa shape index (κ2) is 7.38. The van der Waals surface area contributed by atoms with Crippen LogP contribution < -0.4 is 5.32 Å². The minimum atomic E-state index is -0.194. The summed E-state index contributed by atoms with van der Waals surface area (Å²) in [5.41, 5.74) is 3.59. The van der Waals surface area contributed by atoms with E-state index < -0.39 is 0 Å². The van der Waals surface area contributed by atoms with Gasteiger partial charge in [0.1, 0.15) is 5.82 Å². The van der Waals surface area contributed by atoms with Gasteiger partial charge < -0.3 is 14.6 Å². The van der Waals surface area contributed by atoms with Crippen molar-refractivity contribution in [1.29, 1.82) is 0 Å². The van der Waals surface area contributed by atoms with Gasteiger partial charge in [0.05, 0.1) is 6.10 Å². The quantitative estimate of drug-likeness (QED) is 0.732. The molecule has 1 atom stereocenters. The van der Waals surface area contributed by atoms with Crippen LogP contribution >= 0.6 is 0 Å². The second-order valence-corrected chi connectivity index (χ2v) is 6.69. The van der Waals surface area contributed by atoms with Gasteiger partial charge in [-0.15, -0.1) is 0 Å². The van der Waals surface area contributed by atoms with Gasteiger partial charge in [0.15, 0.2) is 0 Å². The molecule has 1 N–H and O–H groups in total. The third kappa shape index (κ3) is 3.75. The predicted octanol–water partition coefficient (Wildman–Crippen LogP) is 4.10. The average Bonchev–Trinajstić information content (AvgIpc) is 3.26. The molecule has 0 saturated carbocycles. The SMILES string of the molecule is Fc1ccc(Cn2cc(CNC[C@H]3CCCO3)c3ccccc32)cc1. The Morgan fingerprint density at radius 3 is 2.76 bits per heavy atom. The predicted molar refractivity (Wildman–Crippen MR) is 98.1 cm³/mol. The maximum atomic E-state index is 13.1. The molecule has 0 spiro atoms. The number of rotatable bonds is 6. The summed E-state index contributed by atoms with van der Waals surface area (Å²) < 4.78 is 21.0. The Kier molecular flexibility index (Phi) is 4.81. The number of para-hydroxylation sites is 1. The maximum absolute atomic E-state index is 13.1. The fourth-order valence-electron chi connectivity index (χ4n) is 3.55. The zero-order chi connectivity index (χ0) is 17.1. The summed E-state index contributed by atoms with van der Waals surface area (Å²) in [7, 11) is 0. The molecule has 1 fully saturated rings. The van der Waals surface area contributed by atoms with E-state index in [1.165, 1.54) is 35.0 Å². The van der Waals surface area contributed by atoms with Crippen LogP contribution in [0.2, 0.25) is 0 Å². The first kappa shape index (κ1) is 16.3. The topological polar surface area (TPSA) is 26.2 Å². The average molecular weight is 338 g/mol. The maximum Gasteiger partial charge on any atom is 0.123 e. The lowest BCUT2D eigenvalue weighted by molar-refractivity contribution is 0.110. The summed E-state index contributed by atoms with van der Waals surface area (Å²) in [6, 6.07) is 15.2. The Hall–Kier alpha value is -2.17.